The average Bonchev–Trinajstić information content (AvgIpc) is 3.44. The minimum Gasteiger partial charge on any atom is -0.304 e. The molecule has 0 unspecified atom stereocenters. The van der Waals surface area contributed by atoms with Gasteiger partial charge in [0, 0.05) is 66.0 Å². The van der Waals surface area contributed by atoms with E-state index in [1.165, 1.54) is 48.5 Å². The van der Waals surface area contributed by atoms with Crippen molar-refractivity contribution in [2.45, 2.75) is 13.0 Å². The first kappa shape index (κ1) is 19.9. The third-order valence-electron chi connectivity index (χ3n) is 6.74. The van der Waals surface area contributed by atoms with Gasteiger partial charge in [0.25, 0.3) is 0 Å². The molecule has 0 saturated carbocycles. The second-order valence-electron chi connectivity index (χ2n) is 8.96. The Morgan fingerprint density at radius 3 is 2.53 bits per heavy atom. The zero-order valence-corrected chi connectivity index (χ0v) is 19.2. The van der Waals surface area contributed by atoms with E-state index in [-0.39, 0.29) is 0 Å². The number of piperazine rings is 1. The monoisotopic (exact) mass is 437 g/mol. The van der Waals surface area contributed by atoms with E-state index in [1.807, 2.05) is 17.5 Å². The number of aromatic nitrogens is 1. The maximum Gasteiger partial charge on any atom is 0.0520 e. The number of likely N-dealkylation sites (N-methyl/N-ethyl adjacent to an activating group) is 1. The standard InChI is InChI=1S/C28H27N3S/c1-30-12-14-31(15-13-30)19-20-6-8-21(9-7-20)23-16-25-24(10-11-26(25)29-18-23)28-17-22-4-2-3-5-27(22)32-28/h2-10,16-18H,11-15,19H2,1H3. The van der Waals surface area contributed by atoms with Gasteiger partial charge < -0.3 is 4.90 Å². The highest BCUT2D eigenvalue weighted by atomic mass is 32.1. The van der Waals surface area contributed by atoms with Crippen molar-refractivity contribution in [1.29, 1.82) is 0 Å². The topological polar surface area (TPSA) is 19.4 Å². The molecule has 1 saturated heterocycles. The van der Waals surface area contributed by atoms with E-state index in [4.69, 9.17) is 4.98 Å². The number of nitrogens with zero attached hydrogens (tertiary/aromatic N) is 3. The van der Waals surface area contributed by atoms with E-state index >= 15 is 0 Å². The number of pyridine rings is 1. The number of hydrogen-bond donors (Lipinski definition) is 0. The number of allylic oxidation sites excluding steroid dienone is 1. The van der Waals surface area contributed by atoms with E-state index in [0.717, 1.165) is 39.1 Å². The van der Waals surface area contributed by atoms with Gasteiger partial charge in [-0.2, -0.15) is 0 Å². The Balaban J connectivity index is 1.24. The molecule has 4 heteroatoms. The first-order valence-electron chi connectivity index (χ1n) is 11.4. The lowest BCUT2D eigenvalue weighted by molar-refractivity contribution is 0.148. The van der Waals surface area contributed by atoms with Crippen LogP contribution in [0.1, 0.15) is 21.7 Å². The minimum atomic E-state index is 0.920. The molecule has 0 spiro atoms. The second-order valence-corrected chi connectivity index (χ2v) is 10.0. The van der Waals surface area contributed by atoms with Crippen LogP contribution in [0.25, 0.3) is 26.8 Å². The normalized spacial score (nSPS) is 17.0. The van der Waals surface area contributed by atoms with Gasteiger partial charge in [0.05, 0.1) is 5.69 Å². The van der Waals surface area contributed by atoms with Crippen molar-refractivity contribution in [1.82, 2.24) is 14.8 Å². The number of rotatable bonds is 4. The molecule has 1 fully saturated rings. The molecule has 3 heterocycles. The summed E-state index contributed by atoms with van der Waals surface area (Å²) in [5, 5.41) is 1.32. The number of hydrogen-bond acceptors (Lipinski definition) is 4. The van der Waals surface area contributed by atoms with Crippen LogP contribution >= 0.6 is 11.3 Å². The largest absolute Gasteiger partial charge is 0.304 e. The lowest BCUT2D eigenvalue weighted by atomic mass is 10.0. The Morgan fingerprint density at radius 2 is 1.72 bits per heavy atom. The van der Waals surface area contributed by atoms with Crippen molar-refractivity contribution >= 4 is 27.0 Å². The summed E-state index contributed by atoms with van der Waals surface area (Å²) in [5.74, 6) is 0. The highest BCUT2D eigenvalue weighted by Gasteiger charge is 2.20. The maximum absolute atomic E-state index is 4.83. The zero-order chi connectivity index (χ0) is 21.5. The molecular formula is C28H27N3S. The van der Waals surface area contributed by atoms with Crippen LogP contribution < -0.4 is 0 Å². The van der Waals surface area contributed by atoms with Crippen LogP contribution in [0.3, 0.4) is 0 Å². The molecule has 0 amide bonds. The maximum atomic E-state index is 4.83. The Labute approximate surface area is 193 Å². The summed E-state index contributed by atoms with van der Waals surface area (Å²) in [6.07, 6.45) is 5.30. The van der Waals surface area contributed by atoms with Gasteiger partial charge in [-0.05, 0) is 47.3 Å². The molecule has 32 heavy (non-hydrogen) atoms. The van der Waals surface area contributed by atoms with Gasteiger partial charge in [0.15, 0.2) is 0 Å². The number of benzene rings is 2. The van der Waals surface area contributed by atoms with Crippen LogP contribution in [0, 0.1) is 0 Å². The van der Waals surface area contributed by atoms with Crippen LogP contribution in [0.15, 0.2) is 72.9 Å². The first-order chi connectivity index (χ1) is 15.7. The predicted molar refractivity (Wildman–Crippen MR) is 135 cm³/mol. The summed E-state index contributed by atoms with van der Waals surface area (Å²) in [4.78, 5) is 11.1. The summed E-state index contributed by atoms with van der Waals surface area (Å²) in [6, 6.07) is 22.4. The Bertz CT molecular complexity index is 1260. The average molecular weight is 438 g/mol. The van der Waals surface area contributed by atoms with Gasteiger partial charge in [-0.3, -0.25) is 9.88 Å². The molecule has 0 bridgehead atoms. The Kier molecular flexibility index (Phi) is 5.14. The van der Waals surface area contributed by atoms with Gasteiger partial charge in [-0.1, -0.05) is 48.5 Å². The Hall–Kier alpha value is -2.79. The Morgan fingerprint density at radius 1 is 0.906 bits per heavy atom. The molecule has 0 N–H and O–H groups in total. The van der Waals surface area contributed by atoms with Crippen LogP contribution in [-0.4, -0.2) is 48.0 Å². The molecule has 0 radical (unpaired) electrons. The van der Waals surface area contributed by atoms with Gasteiger partial charge >= 0.3 is 0 Å². The lowest BCUT2D eigenvalue weighted by Gasteiger charge is -2.32. The van der Waals surface area contributed by atoms with E-state index in [1.54, 1.807) is 0 Å². The smallest absolute Gasteiger partial charge is 0.0520 e. The molecule has 3 nitrogen and oxygen atoms in total. The molecule has 6 rings (SSSR count). The third kappa shape index (κ3) is 3.79. The first-order valence-corrected chi connectivity index (χ1v) is 12.2. The molecule has 1 aliphatic heterocycles. The van der Waals surface area contributed by atoms with Crippen molar-refractivity contribution in [3.63, 3.8) is 0 Å². The number of fused-ring (bicyclic) bond motifs is 2. The summed E-state index contributed by atoms with van der Waals surface area (Å²) < 4.78 is 1.34. The van der Waals surface area contributed by atoms with Crippen molar-refractivity contribution in [3.05, 3.63) is 94.6 Å². The summed E-state index contributed by atoms with van der Waals surface area (Å²) in [7, 11) is 2.21. The van der Waals surface area contributed by atoms with Crippen LogP contribution in [0.2, 0.25) is 0 Å². The molecule has 2 aliphatic rings. The highest BCUT2D eigenvalue weighted by Crippen LogP contribution is 2.39. The van der Waals surface area contributed by atoms with Gasteiger partial charge in [0.2, 0.25) is 0 Å². The van der Waals surface area contributed by atoms with Gasteiger partial charge in [0.1, 0.15) is 0 Å². The van der Waals surface area contributed by atoms with Crippen molar-refractivity contribution in [3.8, 4) is 11.1 Å². The zero-order valence-electron chi connectivity index (χ0n) is 18.4. The summed E-state index contributed by atoms with van der Waals surface area (Å²) in [6.45, 7) is 5.66. The van der Waals surface area contributed by atoms with Crippen molar-refractivity contribution in [2.24, 2.45) is 0 Å². The fraction of sp³-hybridized carbons (Fsp3) is 0.250. The third-order valence-corrected chi connectivity index (χ3v) is 7.89. The fourth-order valence-electron chi connectivity index (χ4n) is 4.77. The highest BCUT2D eigenvalue weighted by molar-refractivity contribution is 7.20. The van der Waals surface area contributed by atoms with Crippen molar-refractivity contribution < 1.29 is 0 Å². The van der Waals surface area contributed by atoms with Crippen LogP contribution in [0.4, 0.5) is 0 Å². The van der Waals surface area contributed by atoms with E-state index in [2.05, 4.69) is 83.6 Å². The van der Waals surface area contributed by atoms with Crippen LogP contribution in [-0.2, 0) is 13.0 Å². The predicted octanol–water partition coefficient (Wildman–Crippen LogP) is 5.70. The quantitative estimate of drug-likeness (QED) is 0.408. The summed E-state index contributed by atoms with van der Waals surface area (Å²) >= 11 is 1.87. The molecule has 2 aromatic heterocycles. The van der Waals surface area contributed by atoms with Gasteiger partial charge in [-0.15, -0.1) is 11.3 Å². The SMILES string of the molecule is CN1CCN(Cc2ccc(-c3cnc4c(c3)C(c3cc5ccccc5s3)=CC4)cc2)CC1. The van der Waals surface area contributed by atoms with Crippen LogP contribution in [0.5, 0.6) is 0 Å². The lowest BCUT2D eigenvalue weighted by Crippen LogP contribution is -2.43. The fourth-order valence-corrected chi connectivity index (χ4v) is 5.89. The van der Waals surface area contributed by atoms with E-state index in [0.29, 0.717) is 0 Å². The van der Waals surface area contributed by atoms with E-state index < -0.39 is 0 Å². The molecule has 1 aliphatic carbocycles. The summed E-state index contributed by atoms with van der Waals surface area (Å²) in [5.41, 5.74) is 7.64. The second kappa shape index (κ2) is 8.28. The van der Waals surface area contributed by atoms with E-state index in [9.17, 15) is 0 Å². The minimum absolute atomic E-state index is 0.920. The molecular weight excluding hydrogens is 410 g/mol. The van der Waals surface area contributed by atoms with Crippen molar-refractivity contribution in [2.75, 3.05) is 33.2 Å². The molecule has 160 valence electrons. The van der Waals surface area contributed by atoms with Gasteiger partial charge in [-0.25, -0.2) is 0 Å². The molecule has 4 aromatic rings. The number of thiophene rings is 1. The molecule has 0 atom stereocenters. The molecule has 2 aromatic carbocycles.